The molecule has 2 saturated carbocycles. The summed E-state index contributed by atoms with van der Waals surface area (Å²) >= 11 is 7.01. The molecule has 2 bridgehead atoms. The molecule has 2 aliphatic carbocycles. The SMILES string of the molecule is Cc1c(C)c(C)c(C(Cl)C2CC3CCC2C3)c(C)c1C. The van der Waals surface area contributed by atoms with E-state index < -0.39 is 0 Å². The Morgan fingerprint density at radius 2 is 1.35 bits per heavy atom. The van der Waals surface area contributed by atoms with Crippen LogP contribution in [0, 0.1) is 52.4 Å². The van der Waals surface area contributed by atoms with Crippen molar-refractivity contribution in [2.24, 2.45) is 17.8 Å². The first-order valence-corrected chi connectivity index (χ1v) is 8.56. The molecule has 1 aromatic rings. The van der Waals surface area contributed by atoms with Crippen molar-refractivity contribution in [2.75, 3.05) is 0 Å². The minimum atomic E-state index is 0.225. The number of alkyl halides is 1. The maximum atomic E-state index is 7.01. The van der Waals surface area contributed by atoms with Gasteiger partial charge in [0.2, 0.25) is 0 Å². The van der Waals surface area contributed by atoms with Gasteiger partial charge in [0.25, 0.3) is 0 Å². The molecule has 0 N–H and O–H groups in total. The lowest BCUT2D eigenvalue weighted by molar-refractivity contribution is 0.322. The van der Waals surface area contributed by atoms with Crippen molar-refractivity contribution in [1.29, 1.82) is 0 Å². The van der Waals surface area contributed by atoms with Crippen LogP contribution in [0.15, 0.2) is 0 Å². The monoisotopic (exact) mass is 290 g/mol. The largest absolute Gasteiger partial charge is 0.117 e. The second kappa shape index (κ2) is 5.05. The highest BCUT2D eigenvalue weighted by atomic mass is 35.5. The molecule has 0 saturated heterocycles. The highest BCUT2D eigenvalue weighted by Crippen LogP contribution is 2.55. The molecule has 4 atom stereocenters. The van der Waals surface area contributed by atoms with Crippen molar-refractivity contribution < 1.29 is 0 Å². The summed E-state index contributed by atoms with van der Waals surface area (Å²) in [6.45, 7) is 11.3. The van der Waals surface area contributed by atoms with Crippen LogP contribution in [0.2, 0.25) is 0 Å². The fourth-order valence-electron chi connectivity index (χ4n) is 4.81. The molecule has 3 rings (SSSR count). The first-order valence-electron chi connectivity index (χ1n) is 8.12. The van der Waals surface area contributed by atoms with Gasteiger partial charge in [-0.3, -0.25) is 0 Å². The fraction of sp³-hybridized carbons (Fsp3) is 0.684. The number of rotatable bonds is 2. The summed E-state index contributed by atoms with van der Waals surface area (Å²) in [5.41, 5.74) is 8.65. The van der Waals surface area contributed by atoms with E-state index in [1.54, 1.807) is 0 Å². The molecule has 0 radical (unpaired) electrons. The van der Waals surface area contributed by atoms with Gasteiger partial charge in [-0.15, -0.1) is 11.6 Å². The molecule has 1 heteroatoms. The zero-order chi connectivity index (χ0) is 14.6. The zero-order valence-electron chi connectivity index (χ0n) is 13.5. The van der Waals surface area contributed by atoms with E-state index in [2.05, 4.69) is 34.6 Å². The van der Waals surface area contributed by atoms with E-state index in [0.29, 0.717) is 5.92 Å². The van der Waals surface area contributed by atoms with Crippen molar-refractivity contribution >= 4 is 11.6 Å². The third kappa shape index (κ3) is 2.03. The molecular formula is C19H27Cl. The molecule has 2 aliphatic rings. The molecule has 0 heterocycles. The average molecular weight is 291 g/mol. The minimum absolute atomic E-state index is 0.225. The van der Waals surface area contributed by atoms with Crippen molar-refractivity contribution in [1.82, 2.24) is 0 Å². The van der Waals surface area contributed by atoms with Gasteiger partial charge in [0.15, 0.2) is 0 Å². The van der Waals surface area contributed by atoms with Crippen molar-refractivity contribution in [3.05, 3.63) is 33.4 Å². The first kappa shape index (κ1) is 14.4. The zero-order valence-corrected chi connectivity index (χ0v) is 14.3. The second-order valence-electron chi connectivity index (χ2n) is 7.28. The molecule has 0 amide bonds. The Labute approximate surface area is 128 Å². The topological polar surface area (TPSA) is 0 Å². The van der Waals surface area contributed by atoms with Crippen LogP contribution < -0.4 is 0 Å². The maximum absolute atomic E-state index is 7.01. The standard InChI is InChI=1S/C19H27Cl/c1-10-11(2)13(4)18(14(5)12(10)3)19(20)17-9-15-6-7-16(17)8-15/h15-17,19H,6-9H2,1-5H3. The third-order valence-electron chi connectivity index (χ3n) is 6.50. The van der Waals surface area contributed by atoms with E-state index in [0.717, 1.165) is 11.8 Å². The lowest BCUT2D eigenvalue weighted by Gasteiger charge is -2.30. The van der Waals surface area contributed by atoms with Crippen LogP contribution in [0.4, 0.5) is 0 Å². The van der Waals surface area contributed by atoms with Crippen LogP contribution in [0.1, 0.15) is 64.4 Å². The number of fused-ring (bicyclic) bond motifs is 2. The molecule has 0 nitrogen and oxygen atoms in total. The average Bonchev–Trinajstić information content (AvgIpc) is 3.05. The summed E-state index contributed by atoms with van der Waals surface area (Å²) in [6, 6.07) is 0. The number of halogens is 1. The summed E-state index contributed by atoms with van der Waals surface area (Å²) in [6.07, 6.45) is 5.68. The highest BCUT2D eigenvalue weighted by Gasteiger charge is 2.43. The fourth-order valence-corrected chi connectivity index (χ4v) is 5.45. The second-order valence-corrected chi connectivity index (χ2v) is 7.75. The Morgan fingerprint density at radius 3 is 1.80 bits per heavy atom. The van der Waals surface area contributed by atoms with Gasteiger partial charge in [0, 0.05) is 0 Å². The van der Waals surface area contributed by atoms with E-state index in [9.17, 15) is 0 Å². The van der Waals surface area contributed by atoms with Gasteiger partial charge in [0.05, 0.1) is 5.38 Å². The normalized spacial score (nSPS) is 30.0. The predicted octanol–water partition coefficient (Wildman–Crippen LogP) is 5.94. The van der Waals surface area contributed by atoms with E-state index in [1.807, 2.05) is 0 Å². The number of hydrogen-bond acceptors (Lipinski definition) is 0. The van der Waals surface area contributed by atoms with Gasteiger partial charge in [-0.2, -0.15) is 0 Å². The van der Waals surface area contributed by atoms with Crippen molar-refractivity contribution in [3.63, 3.8) is 0 Å². The van der Waals surface area contributed by atoms with E-state index in [-0.39, 0.29) is 5.38 Å². The molecule has 4 unspecified atom stereocenters. The summed E-state index contributed by atoms with van der Waals surface area (Å²) < 4.78 is 0. The summed E-state index contributed by atoms with van der Waals surface area (Å²) in [5.74, 6) is 2.58. The van der Waals surface area contributed by atoms with Crippen LogP contribution in [-0.2, 0) is 0 Å². The predicted molar refractivity (Wildman–Crippen MR) is 87.7 cm³/mol. The van der Waals surface area contributed by atoms with Crippen LogP contribution in [0.3, 0.4) is 0 Å². The highest BCUT2D eigenvalue weighted by molar-refractivity contribution is 6.21. The number of hydrogen-bond donors (Lipinski definition) is 0. The van der Waals surface area contributed by atoms with Crippen molar-refractivity contribution in [3.8, 4) is 0 Å². The third-order valence-corrected chi connectivity index (χ3v) is 7.04. The smallest absolute Gasteiger partial charge is 0.0621 e. The minimum Gasteiger partial charge on any atom is -0.117 e. The van der Waals surface area contributed by atoms with Gasteiger partial charge in [-0.25, -0.2) is 0 Å². The summed E-state index contributed by atoms with van der Waals surface area (Å²) in [7, 11) is 0. The quantitative estimate of drug-likeness (QED) is 0.591. The molecule has 0 aromatic heterocycles. The van der Waals surface area contributed by atoms with Gasteiger partial charge in [0.1, 0.15) is 0 Å². The first-order chi connectivity index (χ1) is 9.41. The van der Waals surface area contributed by atoms with Gasteiger partial charge < -0.3 is 0 Å². The molecular weight excluding hydrogens is 264 g/mol. The number of benzene rings is 1. The van der Waals surface area contributed by atoms with E-state index >= 15 is 0 Å². The van der Waals surface area contributed by atoms with Crippen LogP contribution in [0.5, 0.6) is 0 Å². The van der Waals surface area contributed by atoms with Crippen molar-refractivity contribution in [2.45, 2.75) is 65.7 Å². The van der Waals surface area contributed by atoms with Gasteiger partial charge in [-0.1, -0.05) is 6.42 Å². The molecule has 0 spiro atoms. The maximum Gasteiger partial charge on any atom is 0.0621 e. The van der Waals surface area contributed by atoms with Crippen LogP contribution >= 0.6 is 11.6 Å². The molecule has 0 aliphatic heterocycles. The Morgan fingerprint density at radius 1 is 0.800 bits per heavy atom. The van der Waals surface area contributed by atoms with E-state index in [1.165, 1.54) is 59.1 Å². The Hall–Kier alpha value is -0.490. The Kier molecular flexibility index (Phi) is 3.65. The van der Waals surface area contributed by atoms with Gasteiger partial charge >= 0.3 is 0 Å². The molecule has 20 heavy (non-hydrogen) atoms. The van der Waals surface area contributed by atoms with Crippen LogP contribution in [0.25, 0.3) is 0 Å². The lowest BCUT2D eigenvalue weighted by Crippen LogP contribution is -2.18. The summed E-state index contributed by atoms with van der Waals surface area (Å²) in [5, 5.41) is 0.225. The van der Waals surface area contributed by atoms with E-state index in [4.69, 9.17) is 11.6 Å². The van der Waals surface area contributed by atoms with Crippen LogP contribution in [-0.4, -0.2) is 0 Å². The Bertz CT molecular complexity index is 514. The van der Waals surface area contributed by atoms with Gasteiger partial charge in [-0.05, 0) is 105 Å². The lowest BCUT2D eigenvalue weighted by atomic mass is 9.79. The molecule has 1 aromatic carbocycles. The molecule has 2 fully saturated rings. The summed E-state index contributed by atoms with van der Waals surface area (Å²) in [4.78, 5) is 0. The Balaban J connectivity index is 2.02. The molecule has 110 valence electrons.